The van der Waals surface area contributed by atoms with Gasteiger partial charge in [0.1, 0.15) is 23.1 Å². The van der Waals surface area contributed by atoms with E-state index in [0.717, 1.165) is 119 Å². The van der Waals surface area contributed by atoms with Crippen LogP contribution in [0.1, 0.15) is 111 Å². The minimum absolute atomic E-state index is 0.110. The molecule has 2 saturated carbocycles. The molecule has 4 N–H and O–H groups in total. The third-order valence-corrected chi connectivity index (χ3v) is 21.1. The maximum Gasteiger partial charge on any atom is 0.293 e. The van der Waals surface area contributed by atoms with Crippen molar-refractivity contribution in [2.24, 2.45) is 17.3 Å². The monoisotopic (exact) mass is 1180 g/mol. The Morgan fingerprint density at radius 1 is 0.894 bits per heavy atom. The van der Waals surface area contributed by atoms with Gasteiger partial charge in [-0.3, -0.25) is 19.8 Å². The van der Waals surface area contributed by atoms with Gasteiger partial charge in [0, 0.05) is 80.9 Å². The van der Waals surface area contributed by atoms with Gasteiger partial charge in [-0.05, 0) is 180 Å². The Morgan fingerprint density at radius 2 is 1.69 bits per heavy atom. The number of anilines is 5. The lowest BCUT2D eigenvalue weighted by atomic mass is 9.59. The number of fused-ring (bicyclic) bond motifs is 3. The van der Waals surface area contributed by atoms with Crippen LogP contribution >= 0.6 is 0 Å². The summed E-state index contributed by atoms with van der Waals surface area (Å²) in [5, 5.41) is 26.9. The number of aryl methyl sites for hydroxylation is 1. The minimum Gasteiger partial charge on any atom is -0.493 e. The number of aliphatic hydroxyl groups is 1. The van der Waals surface area contributed by atoms with Crippen LogP contribution < -0.4 is 34.2 Å². The van der Waals surface area contributed by atoms with Crippen molar-refractivity contribution in [2.75, 3.05) is 92.8 Å². The van der Waals surface area contributed by atoms with Crippen LogP contribution in [0.4, 0.5) is 34.3 Å². The van der Waals surface area contributed by atoms with Crippen molar-refractivity contribution in [3.8, 4) is 11.6 Å². The topological polar surface area (TPSA) is 230 Å². The number of hydrogen-bond donors (Lipinski definition) is 4. The van der Waals surface area contributed by atoms with Gasteiger partial charge in [0.15, 0.2) is 11.6 Å². The Hall–Kier alpha value is -7.04. The molecule has 0 unspecified atom stereocenters. The Kier molecular flexibility index (Phi) is 15.7. The number of pyridine rings is 2. The van der Waals surface area contributed by atoms with E-state index >= 15 is 0 Å². The molecule has 5 aliphatic heterocycles. The highest BCUT2D eigenvalue weighted by Crippen LogP contribution is 2.55. The molecule has 21 heteroatoms. The van der Waals surface area contributed by atoms with Crippen molar-refractivity contribution in [1.82, 2.24) is 24.6 Å². The molecule has 4 atom stereocenters. The molecule has 13 rings (SSSR count). The Balaban J connectivity index is 0.736. The highest BCUT2D eigenvalue weighted by molar-refractivity contribution is 7.90. The molecular weight excluding hydrogens is 1100 g/mol. The second kappa shape index (κ2) is 23.3. The smallest absolute Gasteiger partial charge is 0.293 e. The molecule has 7 aliphatic rings. The van der Waals surface area contributed by atoms with E-state index in [1.165, 1.54) is 28.8 Å². The van der Waals surface area contributed by atoms with Crippen LogP contribution in [0.15, 0.2) is 96.2 Å². The average Bonchev–Trinajstić information content (AvgIpc) is 1.90. The number of nitro benzene ring substituents is 1. The van der Waals surface area contributed by atoms with Crippen molar-refractivity contribution in [2.45, 2.75) is 126 Å². The number of piperidine rings is 2. The maximum atomic E-state index is 14.9. The first-order chi connectivity index (χ1) is 41.1. The summed E-state index contributed by atoms with van der Waals surface area (Å²) in [5.41, 5.74) is 6.00. The largest absolute Gasteiger partial charge is 0.493 e. The Morgan fingerprint density at radius 3 is 2.47 bits per heavy atom. The number of rotatable bonds is 15. The second-order valence-electron chi connectivity index (χ2n) is 25.3. The lowest BCUT2D eigenvalue weighted by Gasteiger charge is -2.58. The van der Waals surface area contributed by atoms with Crippen molar-refractivity contribution >= 4 is 61.2 Å². The number of benzene rings is 3. The normalized spacial score (nSPS) is 25.4. The van der Waals surface area contributed by atoms with Crippen molar-refractivity contribution in [3.63, 3.8) is 0 Å². The Bertz CT molecular complexity index is 3570. The number of nitrogens with zero attached hydrogens (tertiary/aromatic N) is 7. The molecule has 3 aromatic carbocycles. The second-order valence-corrected chi connectivity index (χ2v) is 27.0. The first-order valence-electron chi connectivity index (χ1n) is 30.5. The maximum absolute atomic E-state index is 14.9. The van der Waals surface area contributed by atoms with Crippen LogP contribution in [0.2, 0.25) is 0 Å². The summed E-state index contributed by atoms with van der Waals surface area (Å²) in [6.45, 7) is 10.9. The van der Waals surface area contributed by atoms with Crippen LogP contribution in [0.25, 0.3) is 11.0 Å². The van der Waals surface area contributed by atoms with Crippen molar-refractivity contribution < 1.29 is 42.2 Å². The van der Waals surface area contributed by atoms with Crippen LogP contribution in [0, 0.1) is 34.3 Å². The summed E-state index contributed by atoms with van der Waals surface area (Å²) in [5.74, 6) is 1.89. The lowest BCUT2D eigenvalue weighted by molar-refractivity contribution is -0.384. The van der Waals surface area contributed by atoms with Crippen molar-refractivity contribution in [1.29, 1.82) is 0 Å². The van der Waals surface area contributed by atoms with Crippen molar-refractivity contribution in [3.05, 3.63) is 124 Å². The standard InChI is InChI=1S/C64H78N10O10S/c1-41-6-4-5-7-49(41)53-31-43(30-44-32-57(81-3)60(67-39-44)71-25-28-82-29-26-71)15-22-72(53)47-36-64(37-47)19-23-70(24-20-64)46-8-10-50(54(34-46)73-52-16-27-83-40-58(52)84-62-56(73)33-45-14-21-65-59(45)68-62)61(75)69-85(79,80)48-9-11-51(55(35-48)74(77)78)66-38-42-12-17-63(2,76)18-13-42/h4-11,14,21,32-35,39,42-43,47,52-53,58,66,76H,12-13,15-20,22-31,36-38,40H2,1-3H3,(H,65,68)(H,69,75)/t42-,43-,52+,53+,58+,63-/m1/s1. The van der Waals surface area contributed by atoms with Gasteiger partial charge in [-0.25, -0.2) is 18.1 Å². The molecule has 2 aliphatic carbocycles. The Labute approximate surface area is 496 Å². The van der Waals surface area contributed by atoms with E-state index in [2.05, 4.69) is 78.1 Å². The number of morpholine rings is 1. The lowest BCUT2D eigenvalue weighted by Crippen LogP contribution is -2.57. The summed E-state index contributed by atoms with van der Waals surface area (Å²) >= 11 is 0. The number of ether oxygens (including phenoxy) is 4. The molecule has 20 nitrogen and oxygen atoms in total. The highest BCUT2D eigenvalue weighted by atomic mass is 32.2. The van der Waals surface area contributed by atoms with Crippen LogP contribution in [-0.4, -0.2) is 141 Å². The van der Waals surface area contributed by atoms with E-state index in [4.69, 9.17) is 28.9 Å². The van der Waals surface area contributed by atoms with Crippen LogP contribution in [0.3, 0.4) is 0 Å². The summed E-state index contributed by atoms with van der Waals surface area (Å²) in [6, 6.07) is 24.8. The number of hydrogen-bond acceptors (Lipinski definition) is 17. The van der Waals surface area contributed by atoms with Gasteiger partial charge < -0.3 is 49.1 Å². The molecular formula is C64H78N10O10S. The number of carbonyl (C=O) groups excluding carboxylic acids is 1. The van der Waals surface area contributed by atoms with Crippen LogP contribution in [-0.2, 0) is 25.9 Å². The number of carbonyl (C=O) groups is 1. The number of sulfonamides is 1. The zero-order valence-corrected chi connectivity index (χ0v) is 49.7. The van der Waals surface area contributed by atoms with Gasteiger partial charge in [-0.15, -0.1) is 0 Å². The number of aromatic nitrogens is 3. The van der Waals surface area contributed by atoms with Gasteiger partial charge in [0.2, 0.25) is 5.88 Å². The SMILES string of the molecule is COc1cc(C[C@H]2CCN(C3CC4(CCN(c5ccc(C(=O)NS(=O)(=O)c6ccc(NC[C@H]7CC[C@](C)(O)CC7)c([N+](=O)[O-])c6)c(N6c7cc8cc[nH]c8nc7O[C@H]7COCC[C@@H]76)c5)CC4)C3)[C@H](c3ccccc3C)C2)cnc1N1CCOCC1. The fourth-order valence-corrected chi connectivity index (χ4v) is 15.9. The summed E-state index contributed by atoms with van der Waals surface area (Å²) in [4.78, 5) is 48.8. The molecule has 6 fully saturated rings. The zero-order chi connectivity index (χ0) is 58.6. The van der Waals surface area contributed by atoms with Gasteiger partial charge in [-0.2, -0.15) is 4.98 Å². The van der Waals surface area contributed by atoms with E-state index in [1.807, 2.05) is 37.4 Å². The molecule has 1 amide bonds. The van der Waals surface area contributed by atoms with E-state index in [-0.39, 0.29) is 28.6 Å². The number of nitro groups is 1. The van der Waals surface area contributed by atoms with Gasteiger partial charge >= 0.3 is 0 Å². The molecule has 3 aromatic heterocycles. The fourth-order valence-electron chi connectivity index (χ4n) is 14.9. The third kappa shape index (κ3) is 11.6. The molecule has 6 aromatic rings. The third-order valence-electron chi connectivity index (χ3n) is 19.8. The molecule has 450 valence electrons. The van der Waals surface area contributed by atoms with Gasteiger partial charge in [-0.1, -0.05) is 24.3 Å². The number of aromatic amines is 1. The molecule has 4 saturated heterocycles. The van der Waals surface area contributed by atoms with Crippen LogP contribution in [0.5, 0.6) is 11.6 Å². The summed E-state index contributed by atoms with van der Waals surface area (Å²) in [7, 11) is -2.91. The van der Waals surface area contributed by atoms with Gasteiger partial charge in [0.25, 0.3) is 21.6 Å². The molecule has 0 bridgehead atoms. The highest BCUT2D eigenvalue weighted by Gasteiger charge is 2.50. The molecule has 8 heterocycles. The number of likely N-dealkylation sites (tertiary alicyclic amines) is 1. The summed E-state index contributed by atoms with van der Waals surface area (Å²) < 4.78 is 54.9. The zero-order valence-electron chi connectivity index (χ0n) is 48.8. The van der Waals surface area contributed by atoms with E-state index in [0.29, 0.717) is 93.1 Å². The average molecular weight is 1180 g/mol. The molecule has 0 radical (unpaired) electrons. The van der Waals surface area contributed by atoms with E-state index in [9.17, 15) is 28.4 Å². The fraction of sp³-hybridized carbons (Fsp3) is 0.516. The molecule has 85 heavy (non-hydrogen) atoms. The first-order valence-corrected chi connectivity index (χ1v) is 32.0. The predicted molar refractivity (Wildman–Crippen MR) is 325 cm³/mol. The van der Waals surface area contributed by atoms with Gasteiger partial charge in [0.05, 0.1) is 59.6 Å². The quantitative estimate of drug-likeness (QED) is 0.0554. The number of amides is 1. The minimum atomic E-state index is -4.64. The van der Waals surface area contributed by atoms with E-state index in [1.54, 1.807) is 13.2 Å². The number of H-pyrrole nitrogens is 1. The van der Waals surface area contributed by atoms with E-state index < -0.39 is 43.1 Å². The summed E-state index contributed by atoms with van der Waals surface area (Å²) in [6.07, 6.45) is 14.2. The number of nitrogens with one attached hydrogen (secondary N) is 3. The molecule has 1 spiro atoms. The predicted octanol–water partition coefficient (Wildman–Crippen LogP) is 9.62. The first kappa shape index (κ1) is 57.1. The number of methoxy groups -OCH3 is 1.